The van der Waals surface area contributed by atoms with Crippen LogP contribution in [-0.2, 0) is 15.9 Å². The number of methoxy groups -OCH3 is 1. The molecule has 2 rings (SSSR count). The van der Waals surface area contributed by atoms with E-state index in [4.69, 9.17) is 26.9 Å². The van der Waals surface area contributed by atoms with Crippen LogP contribution in [0.5, 0.6) is 0 Å². The minimum absolute atomic E-state index is 0.0151. The van der Waals surface area contributed by atoms with E-state index in [1.807, 2.05) is 24.3 Å². The Hall–Kier alpha value is -0.650. The number of halogens is 1. The molecule has 1 aromatic rings. The summed E-state index contributed by atoms with van der Waals surface area (Å²) in [6, 6.07) is 7.85. The summed E-state index contributed by atoms with van der Waals surface area (Å²) in [6.45, 7) is 1.41. The predicted octanol–water partition coefficient (Wildman–Crippen LogP) is 1.91. The highest BCUT2D eigenvalue weighted by molar-refractivity contribution is 6.31. The van der Waals surface area contributed by atoms with Crippen molar-refractivity contribution >= 4 is 11.6 Å². The molecule has 4 nitrogen and oxygen atoms in total. The van der Waals surface area contributed by atoms with Crippen molar-refractivity contribution in [2.45, 2.75) is 30.9 Å². The molecule has 0 saturated carbocycles. The van der Waals surface area contributed by atoms with E-state index < -0.39 is 0 Å². The molecule has 1 aliphatic heterocycles. The monoisotopic (exact) mass is 284 g/mol. The largest absolute Gasteiger partial charge is 0.381 e. The zero-order valence-corrected chi connectivity index (χ0v) is 12.0. The van der Waals surface area contributed by atoms with E-state index >= 15 is 0 Å². The molecule has 1 aliphatic rings. The van der Waals surface area contributed by atoms with Crippen LogP contribution < -0.4 is 11.3 Å². The first kappa shape index (κ1) is 14.8. The number of hydrazine groups is 1. The van der Waals surface area contributed by atoms with Gasteiger partial charge in [-0.25, -0.2) is 0 Å². The highest BCUT2D eigenvalue weighted by Gasteiger charge is 2.40. The SMILES string of the molecule is COC1(C(Cc2ccccc2Cl)NN)CCOCC1. The van der Waals surface area contributed by atoms with E-state index in [9.17, 15) is 0 Å². The molecule has 0 bridgehead atoms. The first-order chi connectivity index (χ1) is 9.22. The van der Waals surface area contributed by atoms with Crippen LogP contribution in [0, 0.1) is 0 Å². The van der Waals surface area contributed by atoms with Crippen LogP contribution in [-0.4, -0.2) is 32.0 Å². The normalized spacial score (nSPS) is 20.2. The number of hydrogen-bond acceptors (Lipinski definition) is 4. The molecule has 1 aromatic carbocycles. The summed E-state index contributed by atoms with van der Waals surface area (Å²) in [5.41, 5.74) is 3.69. The van der Waals surface area contributed by atoms with Gasteiger partial charge < -0.3 is 9.47 Å². The minimum Gasteiger partial charge on any atom is -0.381 e. The average Bonchev–Trinajstić information content (AvgIpc) is 2.47. The molecule has 0 spiro atoms. The predicted molar refractivity (Wildman–Crippen MR) is 76.1 cm³/mol. The fourth-order valence-corrected chi connectivity index (χ4v) is 2.91. The second-order valence-corrected chi connectivity index (χ2v) is 5.30. The molecule has 1 heterocycles. The van der Waals surface area contributed by atoms with Crippen LogP contribution in [0.1, 0.15) is 18.4 Å². The standard InChI is InChI=1S/C14H21ClN2O2/c1-18-14(6-8-19-9-7-14)13(17-16)10-11-4-2-3-5-12(11)15/h2-5,13,17H,6-10,16H2,1H3. The molecule has 3 N–H and O–H groups in total. The van der Waals surface area contributed by atoms with Crippen molar-refractivity contribution in [1.29, 1.82) is 0 Å². The summed E-state index contributed by atoms with van der Waals surface area (Å²) in [6.07, 6.45) is 2.41. The van der Waals surface area contributed by atoms with E-state index in [0.29, 0.717) is 13.2 Å². The van der Waals surface area contributed by atoms with Gasteiger partial charge in [-0.15, -0.1) is 0 Å². The van der Waals surface area contributed by atoms with Gasteiger partial charge in [0.25, 0.3) is 0 Å². The Bertz CT molecular complexity index is 408. The quantitative estimate of drug-likeness (QED) is 0.641. The summed E-state index contributed by atoms with van der Waals surface area (Å²) in [5, 5.41) is 0.765. The zero-order valence-electron chi connectivity index (χ0n) is 11.2. The maximum absolute atomic E-state index is 6.22. The molecule has 19 heavy (non-hydrogen) atoms. The van der Waals surface area contributed by atoms with E-state index in [2.05, 4.69) is 5.43 Å². The molecule has 1 fully saturated rings. The lowest BCUT2D eigenvalue weighted by molar-refractivity contribution is -0.110. The number of ether oxygens (including phenoxy) is 2. The molecule has 0 aromatic heterocycles. The van der Waals surface area contributed by atoms with Gasteiger partial charge in [-0.2, -0.15) is 0 Å². The van der Waals surface area contributed by atoms with Gasteiger partial charge in [-0.1, -0.05) is 29.8 Å². The van der Waals surface area contributed by atoms with Crippen molar-refractivity contribution in [3.8, 4) is 0 Å². The number of nitrogens with two attached hydrogens (primary N) is 1. The van der Waals surface area contributed by atoms with E-state index in [-0.39, 0.29) is 11.6 Å². The van der Waals surface area contributed by atoms with Gasteiger partial charge in [0, 0.05) is 38.2 Å². The third-order valence-corrected chi connectivity index (χ3v) is 4.33. The Balaban J connectivity index is 2.17. The van der Waals surface area contributed by atoms with Gasteiger partial charge in [0.05, 0.1) is 11.6 Å². The fourth-order valence-electron chi connectivity index (χ4n) is 2.69. The molecular formula is C14H21ClN2O2. The summed E-state index contributed by atoms with van der Waals surface area (Å²) < 4.78 is 11.2. The maximum atomic E-state index is 6.22. The van der Waals surface area contributed by atoms with Gasteiger partial charge in [0.1, 0.15) is 0 Å². The number of nitrogens with one attached hydrogen (secondary N) is 1. The van der Waals surface area contributed by atoms with Crippen molar-refractivity contribution < 1.29 is 9.47 Å². The van der Waals surface area contributed by atoms with Crippen LogP contribution in [0.3, 0.4) is 0 Å². The third kappa shape index (κ3) is 3.27. The molecule has 0 aliphatic carbocycles. The lowest BCUT2D eigenvalue weighted by Gasteiger charge is -2.42. The van der Waals surface area contributed by atoms with E-state index in [1.54, 1.807) is 7.11 Å². The number of rotatable bonds is 5. The minimum atomic E-state index is -0.286. The molecule has 0 radical (unpaired) electrons. The summed E-state index contributed by atoms with van der Waals surface area (Å²) in [4.78, 5) is 0. The second kappa shape index (κ2) is 6.68. The van der Waals surface area contributed by atoms with Gasteiger partial charge in [-0.3, -0.25) is 11.3 Å². The third-order valence-electron chi connectivity index (χ3n) is 3.96. The number of hydrogen-bond donors (Lipinski definition) is 2. The average molecular weight is 285 g/mol. The smallest absolute Gasteiger partial charge is 0.0891 e. The first-order valence-corrected chi connectivity index (χ1v) is 6.92. The van der Waals surface area contributed by atoms with Gasteiger partial charge >= 0.3 is 0 Å². The topological polar surface area (TPSA) is 56.5 Å². The second-order valence-electron chi connectivity index (χ2n) is 4.90. The Morgan fingerprint density at radius 3 is 2.68 bits per heavy atom. The summed E-state index contributed by atoms with van der Waals surface area (Å²) >= 11 is 6.22. The van der Waals surface area contributed by atoms with Crippen LogP contribution in [0.4, 0.5) is 0 Å². The Morgan fingerprint density at radius 2 is 2.11 bits per heavy atom. The van der Waals surface area contributed by atoms with E-state index in [0.717, 1.165) is 29.8 Å². The van der Waals surface area contributed by atoms with Crippen molar-refractivity contribution in [1.82, 2.24) is 5.43 Å². The highest BCUT2D eigenvalue weighted by Crippen LogP contribution is 2.31. The molecule has 5 heteroatoms. The highest BCUT2D eigenvalue weighted by atomic mass is 35.5. The fraction of sp³-hybridized carbons (Fsp3) is 0.571. The van der Waals surface area contributed by atoms with E-state index in [1.165, 1.54) is 0 Å². The molecule has 1 unspecified atom stereocenters. The number of benzene rings is 1. The molecule has 1 atom stereocenters. The maximum Gasteiger partial charge on any atom is 0.0891 e. The Morgan fingerprint density at radius 1 is 1.42 bits per heavy atom. The zero-order chi connectivity index (χ0) is 13.7. The van der Waals surface area contributed by atoms with Crippen LogP contribution >= 0.6 is 11.6 Å². The van der Waals surface area contributed by atoms with Gasteiger partial charge in [-0.05, 0) is 18.1 Å². The molecule has 0 amide bonds. The molecule has 106 valence electrons. The first-order valence-electron chi connectivity index (χ1n) is 6.54. The molecular weight excluding hydrogens is 264 g/mol. The molecule has 1 saturated heterocycles. The van der Waals surface area contributed by atoms with Gasteiger partial charge in [0.15, 0.2) is 0 Å². The van der Waals surface area contributed by atoms with Gasteiger partial charge in [0.2, 0.25) is 0 Å². The van der Waals surface area contributed by atoms with Crippen LogP contribution in [0.25, 0.3) is 0 Å². The van der Waals surface area contributed by atoms with Crippen molar-refractivity contribution in [3.63, 3.8) is 0 Å². The van der Waals surface area contributed by atoms with Crippen LogP contribution in [0.2, 0.25) is 5.02 Å². The summed E-state index contributed by atoms with van der Waals surface area (Å²) in [5.74, 6) is 5.75. The summed E-state index contributed by atoms with van der Waals surface area (Å²) in [7, 11) is 1.74. The van der Waals surface area contributed by atoms with Crippen molar-refractivity contribution in [2.75, 3.05) is 20.3 Å². The van der Waals surface area contributed by atoms with Crippen LogP contribution in [0.15, 0.2) is 24.3 Å². The lowest BCUT2D eigenvalue weighted by atomic mass is 9.83. The lowest BCUT2D eigenvalue weighted by Crippen LogP contribution is -2.58. The van der Waals surface area contributed by atoms with Crippen molar-refractivity contribution in [2.24, 2.45) is 5.84 Å². The van der Waals surface area contributed by atoms with Crippen molar-refractivity contribution in [3.05, 3.63) is 34.9 Å². The Kier molecular flexibility index (Phi) is 5.19. The Labute approximate surface area is 119 Å².